The van der Waals surface area contributed by atoms with Crippen molar-refractivity contribution in [1.82, 2.24) is 4.90 Å². The van der Waals surface area contributed by atoms with E-state index in [1.807, 2.05) is 72.1 Å². The quantitative estimate of drug-likeness (QED) is 0.627. The predicted octanol–water partition coefficient (Wildman–Crippen LogP) is 4.66. The fraction of sp³-hybridized carbons (Fsp3) is 0.217. The average Bonchev–Trinajstić information content (AvgIpc) is 3.42. The molecular weight excluding hydrogens is 382 g/mol. The second-order valence-electron chi connectivity index (χ2n) is 7.06. The molecule has 0 aliphatic carbocycles. The van der Waals surface area contributed by atoms with Crippen LogP contribution in [0.2, 0.25) is 0 Å². The number of nitrogens with one attached hydrogen (secondary N) is 2. The second kappa shape index (κ2) is 8.92. The van der Waals surface area contributed by atoms with E-state index in [-0.39, 0.29) is 11.8 Å². The Morgan fingerprint density at radius 2 is 1.66 bits per heavy atom. The van der Waals surface area contributed by atoms with Crippen molar-refractivity contribution >= 4 is 40.2 Å². The highest BCUT2D eigenvalue weighted by molar-refractivity contribution is 7.10. The van der Waals surface area contributed by atoms with E-state index in [9.17, 15) is 9.59 Å². The van der Waals surface area contributed by atoms with E-state index in [4.69, 9.17) is 0 Å². The van der Waals surface area contributed by atoms with Crippen LogP contribution in [0.1, 0.15) is 17.7 Å². The third kappa shape index (κ3) is 4.84. The van der Waals surface area contributed by atoms with Crippen LogP contribution in [0.3, 0.4) is 0 Å². The van der Waals surface area contributed by atoms with Gasteiger partial charge >= 0.3 is 0 Å². The largest absolute Gasteiger partial charge is 0.356 e. The van der Waals surface area contributed by atoms with Gasteiger partial charge in [-0.25, -0.2) is 0 Å². The smallest absolute Gasteiger partial charge is 0.247 e. The van der Waals surface area contributed by atoms with E-state index in [1.165, 1.54) is 0 Å². The van der Waals surface area contributed by atoms with E-state index in [0.717, 1.165) is 28.4 Å². The molecule has 1 saturated heterocycles. The van der Waals surface area contributed by atoms with Crippen molar-refractivity contribution in [3.63, 3.8) is 0 Å². The lowest BCUT2D eigenvalue weighted by molar-refractivity contribution is -0.136. The average molecular weight is 406 g/mol. The molecule has 2 heterocycles. The summed E-state index contributed by atoms with van der Waals surface area (Å²) in [6.45, 7) is 0.641. The second-order valence-corrected chi connectivity index (χ2v) is 8.09. The highest BCUT2D eigenvalue weighted by Crippen LogP contribution is 2.23. The van der Waals surface area contributed by atoms with Gasteiger partial charge in [0.05, 0.1) is 6.42 Å². The van der Waals surface area contributed by atoms with Crippen LogP contribution in [-0.4, -0.2) is 29.3 Å². The summed E-state index contributed by atoms with van der Waals surface area (Å²) in [5.41, 5.74) is 2.68. The topological polar surface area (TPSA) is 61.4 Å². The molecule has 0 spiro atoms. The molecule has 0 saturated carbocycles. The Hall–Kier alpha value is -3.12. The van der Waals surface area contributed by atoms with Crippen molar-refractivity contribution in [1.29, 1.82) is 0 Å². The Bertz CT molecular complexity index is 956. The van der Waals surface area contributed by atoms with Crippen molar-refractivity contribution < 1.29 is 9.59 Å². The molecular formula is C23H23N3O2S. The molecule has 1 unspecified atom stereocenters. The fourth-order valence-corrected chi connectivity index (χ4v) is 4.25. The number of carbonyl (C=O) groups excluding carboxylic acids is 2. The number of anilines is 3. The molecule has 2 amide bonds. The van der Waals surface area contributed by atoms with Crippen LogP contribution in [0, 0.1) is 0 Å². The summed E-state index contributed by atoms with van der Waals surface area (Å²) in [4.78, 5) is 28.2. The van der Waals surface area contributed by atoms with Crippen molar-refractivity contribution in [3.05, 3.63) is 77.0 Å². The van der Waals surface area contributed by atoms with E-state index >= 15 is 0 Å². The first-order chi connectivity index (χ1) is 14.2. The summed E-state index contributed by atoms with van der Waals surface area (Å²) in [6, 6.07) is 21.0. The molecule has 1 aliphatic heterocycles. The normalized spacial score (nSPS) is 15.9. The number of para-hydroxylation sites is 1. The molecule has 1 atom stereocenters. The Balaban J connectivity index is 1.36. The van der Waals surface area contributed by atoms with Gasteiger partial charge < -0.3 is 15.5 Å². The number of hydrogen-bond acceptors (Lipinski definition) is 4. The molecule has 5 nitrogen and oxygen atoms in total. The molecule has 2 aromatic carbocycles. The molecule has 6 heteroatoms. The zero-order valence-corrected chi connectivity index (χ0v) is 16.8. The lowest BCUT2D eigenvalue weighted by atomic mass is 10.2. The van der Waals surface area contributed by atoms with Crippen LogP contribution < -0.4 is 10.6 Å². The first-order valence-corrected chi connectivity index (χ1v) is 10.6. The van der Waals surface area contributed by atoms with Gasteiger partial charge in [-0.05, 0) is 60.7 Å². The van der Waals surface area contributed by atoms with Gasteiger partial charge in [-0.15, -0.1) is 11.3 Å². The SMILES string of the molecule is O=C(Nc1ccc(Nc2ccccc2)cc1)C1CCCN1C(=O)Cc1cccs1. The number of amides is 2. The highest BCUT2D eigenvalue weighted by atomic mass is 32.1. The predicted molar refractivity (Wildman–Crippen MR) is 118 cm³/mol. The lowest BCUT2D eigenvalue weighted by Crippen LogP contribution is -2.43. The maximum Gasteiger partial charge on any atom is 0.247 e. The van der Waals surface area contributed by atoms with E-state index in [0.29, 0.717) is 19.4 Å². The molecule has 0 bridgehead atoms. The summed E-state index contributed by atoms with van der Waals surface area (Å²) in [5.74, 6) is -0.0988. The summed E-state index contributed by atoms with van der Waals surface area (Å²) in [5, 5.41) is 8.24. The lowest BCUT2D eigenvalue weighted by Gasteiger charge is -2.24. The Morgan fingerprint density at radius 3 is 2.38 bits per heavy atom. The van der Waals surface area contributed by atoms with Crippen LogP contribution in [0.25, 0.3) is 0 Å². The van der Waals surface area contributed by atoms with Gasteiger partial charge in [0, 0.05) is 28.5 Å². The van der Waals surface area contributed by atoms with E-state index in [2.05, 4.69) is 10.6 Å². The van der Waals surface area contributed by atoms with Crippen molar-refractivity contribution in [2.45, 2.75) is 25.3 Å². The third-order valence-corrected chi connectivity index (χ3v) is 5.87. The summed E-state index contributed by atoms with van der Waals surface area (Å²) >= 11 is 1.57. The Labute approximate surface area is 174 Å². The van der Waals surface area contributed by atoms with Gasteiger partial charge in [0.15, 0.2) is 0 Å². The third-order valence-electron chi connectivity index (χ3n) is 5.00. The van der Waals surface area contributed by atoms with Crippen LogP contribution in [-0.2, 0) is 16.0 Å². The number of benzene rings is 2. The zero-order chi connectivity index (χ0) is 20.1. The molecule has 2 N–H and O–H groups in total. The molecule has 29 heavy (non-hydrogen) atoms. The molecule has 3 aromatic rings. The van der Waals surface area contributed by atoms with E-state index < -0.39 is 6.04 Å². The van der Waals surface area contributed by atoms with Crippen LogP contribution in [0.15, 0.2) is 72.1 Å². The van der Waals surface area contributed by atoms with Crippen LogP contribution >= 0.6 is 11.3 Å². The number of nitrogens with zero attached hydrogens (tertiary/aromatic N) is 1. The molecule has 1 aromatic heterocycles. The maximum absolute atomic E-state index is 12.8. The Morgan fingerprint density at radius 1 is 0.931 bits per heavy atom. The van der Waals surface area contributed by atoms with Crippen molar-refractivity contribution in [2.24, 2.45) is 0 Å². The van der Waals surface area contributed by atoms with Gasteiger partial charge in [0.2, 0.25) is 11.8 Å². The van der Waals surface area contributed by atoms with Crippen molar-refractivity contribution in [3.8, 4) is 0 Å². The highest BCUT2D eigenvalue weighted by Gasteiger charge is 2.34. The number of rotatable bonds is 6. The number of thiophene rings is 1. The standard InChI is InChI=1S/C23H23N3O2S/c27-22(16-20-8-5-15-29-20)26-14-4-9-21(26)23(28)25-19-12-10-18(11-13-19)24-17-6-2-1-3-7-17/h1-3,5-8,10-13,15,21,24H,4,9,14,16H2,(H,25,28). The van der Waals surface area contributed by atoms with Crippen molar-refractivity contribution in [2.75, 3.05) is 17.2 Å². The minimum atomic E-state index is -0.399. The van der Waals surface area contributed by atoms with Gasteiger partial charge in [-0.2, -0.15) is 0 Å². The molecule has 148 valence electrons. The molecule has 1 aliphatic rings. The first kappa shape index (κ1) is 19.2. The van der Waals surface area contributed by atoms with E-state index in [1.54, 1.807) is 16.2 Å². The number of hydrogen-bond donors (Lipinski definition) is 2. The van der Waals surface area contributed by atoms with Gasteiger partial charge in [0.1, 0.15) is 6.04 Å². The fourth-order valence-electron chi connectivity index (χ4n) is 3.55. The monoisotopic (exact) mass is 405 g/mol. The number of carbonyl (C=O) groups is 2. The van der Waals surface area contributed by atoms with Crippen LogP contribution in [0.4, 0.5) is 17.1 Å². The van der Waals surface area contributed by atoms with Gasteiger partial charge in [0.25, 0.3) is 0 Å². The Kier molecular flexibility index (Phi) is 5.91. The molecule has 1 fully saturated rings. The van der Waals surface area contributed by atoms with Gasteiger partial charge in [-0.1, -0.05) is 24.3 Å². The maximum atomic E-state index is 12.8. The summed E-state index contributed by atoms with van der Waals surface area (Å²) in [6.07, 6.45) is 1.92. The zero-order valence-electron chi connectivity index (χ0n) is 16.0. The minimum absolute atomic E-state index is 0.0208. The summed E-state index contributed by atoms with van der Waals surface area (Å²) < 4.78 is 0. The minimum Gasteiger partial charge on any atom is -0.356 e. The van der Waals surface area contributed by atoms with Gasteiger partial charge in [-0.3, -0.25) is 9.59 Å². The first-order valence-electron chi connectivity index (χ1n) is 9.74. The molecule has 4 rings (SSSR count). The number of likely N-dealkylation sites (tertiary alicyclic amines) is 1. The molecule has 0 radical (unpaired) electrons. The summed E-state index contributed by atoms with van der Waals surface area (Å²) in [7, 11) is 0. The van der Waals surface area contributed by atoms with Crippen LogP contribution in [0.5, 0.6) is 0 Å².